The third-order valence-electron chi connectivity index (χ3n) is 3.17. The molecule has 6 heteroatoms. The van der Waals surface area contributed by atoms with E-state index in [1.807, 2.05) is 20.8 Å². The van der Waals surface area contributed by atoms with Crippen LogP contribution in [0.4, 0.5) is 14.9 Å². The molecule has 1 aromatic heterocycles. The Morgan fingerprint density at radius 1 is 1.48 bits per heavy atom. The van der Waals surface area contributed by atoms with E-state index in [4.69, 9.17) is 4.74 Å². The number of ether oxygens (including phenoxy) is 1. The third-order valence-corrected chi connectivity index (χ3v) is 3.17. The molecule has 0 bridgehead atoms. The zero-order valence-corrected chi connectivity index (χ0v) is 12.7. The van der Waals surface area contributed by atoms with E-state index in [1.54, 1.807) is 11.0 Å². The molecule has 1 atom stereocenters. The summed E-state index contributed by atoms with van der Waals surface area (Å²) in [5, 5.41) is 3.28. The van der Waals surface area contributed by atoms with Gasteiger partial charge in [-0.15, -0.1) is 0 Å². The smallest absolute Gasteiger partial charge is 0.410 e. The van der Waals surface area contributed by atoms with E-state index in [2.05, 4.69) is 10.3 Å². The van der Waals surface area contributed by atoms with Gasteiger partial charge in [-0.2, -0.15) is 4.39 Å². The molecular formula is C15H22FN3O2. The van der Waals surface area contributed by atoms with Gasteiger partial charge in [0.15, 0.2) is 0 Å². The minimum Gasteiger partial charge on any atom is -0.444 e. The van der Waals surface area contributed by atoms with Crippen LogP contribution in [0.25, 0.3) is 0 Å². The zero-order chi connectivity index (χ0) is 15.5. The molecule has 0 aromatic carbocycles. The molecule has 2 rings (SSSR count). The van der Waals surface area contributed by atoms with Crippen molar-refractivity contribution in [2.75, 3.05) is 18.4 Å². The molecule has 1 amide bonds. The van der Waals surface area contributed by atoms with E-state index in [9.17, 15) is 9.18 Å². The molecule has 116 valence electrons. The molecule has 1 N–H and O–H groups in total. The minimum absolute atomic E-state index is 0.124. The Kier molecular flexibility index (Phi) is 4.65. The summed E-state index contributed by atoms with van der Waals surface area (Å²) >= 11 is 0. The molecule has 0 spiro atoms. The molecule has 0 aliphatic carbocycles. The lowest BCUT2D eigenvalue weighted by Gasteiger charge is -2.34. The quantitative estimate of drug-likeness (QED) is 0.852. The number of amides is 1. The molecule has 1 aromatic rings. The van der Waals surface area contributed by atoms with Crippen molar-refractivity contribution < 1.29 is 13.9 Å². The summed E-state index contributed by atoms with van der Waals surface area (Å²) in [7, 11) is 0. The van der Waals surface area contributed by atoms with E-state index in [-0.39, 0.29) is 12.1 Å². The van der Waals surface area contributed by atoms with Crippen LogP contribution < -0.4 is 5.32 Å². The second-order valence-corrected chi connectivity index (χ2v) is 6.28. The number of hydrogen-bond donors (Lipinski definition) is 1. The zero-order valence-electron chi connectivity index (χ0n) is 12.7. The van der Waals surface area contributed by atoms with Crippen molar-refractivity contribution in [2.24, 2.45) is 0 Å². The fraction of sp³-hybridized carbons (Fsp3) is 0.600. The van der Waals surface area contributed by atoms with Crippen LogP contribution in [0.1, 0.15) is 33.6 Å². The number of carbonyl (C=O) groups is 1. The number of anilines is 1. The topological polar surface area (TPSA) is 54.5 Å². The molecular weight excluding hydrogens is 273 g/mol. The van der Waals surface area contributed by atoms with E-state index in [0.717, 1.165) is 18.5 Å². The first-order valence-corrected chi connectivity index (χ1v) is 7.19. The highest BCUT2D eigenvalue weighted by molar-refractivity contribution is 5.68. The van der Waals surface area contributed by atoms with E-state index >= 15 is 0 Å². The van der Waals surface area contributed by atoms with E-state index in [0.29, 0.717) is 13.1 Å². The lowest BCUT2D eigenvalue weighted by molar-refractivity contribution is 0.0206. The SMILES string of the molecule is CC(C)(C)OC(=O)N1CCCC(Nc2ccc(F)nc2)C1. The van der Waals surface area contributed by atoms with Gasteiger partial charge < -0.3 is 15.0 Å². The number of likely N-dealkylation sites (tertiary alicyclic amines) is 1. The highest BCUT2D eigenvalue weighted by atomic mass is 19.1. The monoisotopic (exact) mass is 295 g/mol. The van der Waals surface area contributed by atoms with Gasteiger partial charge in [-0.3, -0.25) is 0 Å². The molecule has 1 aliphatic rings. The number of carbonyl (C=O) groups excluding carboxylic acids is 1. The summed E-state index contributed by atoms with van der Waals surface area (Å²) in [4.78, 5) is 17.4. The Balaban J connectivity index is 1.91. The Bertz CT molecular complexity index is 485. The molecule has 1 saturated heterocycles. The van der Waals surface area contributed by atoms with E-state index in [1.165, 1.54) is 12.3 Å². The van der Waals surface area contributed by atoms with Crippen LogP contribution in [-0.4, -0.2) is 40.7 Å². The van der Waals surface area contributed by atoms with E-state index < -0.39 is 11.5 Å². The minimum atomic E-state index is -0.500. The second-order valence-electron chi connectivity index (χ2n) is 6.28. The first-order chi connectivity index (χ1) is 9.83. The maximum absolute atomic E-state index is 12.8. The Hall–Kier alpha value is -1.85. The van der Waals surface area contributed by atoms with Crippen molar-refractivity contribution in [1.82, 2.24) is 9.88 Å². The Labute approximate surface area is 124 Å². The van der Waals surface area contributed by atoms with Crippen molar-refractivity contribution in [2.45, 2.75) is 45.3 Å². The molecule has 21 heavy (non-hydrogen) atoms. The fourth-order valence-corrected chi connectivity index (χ4v) is 2.28. The van der Waals surface area contributed by atoms with Gasteiger partial charge in [-0.1, -0.05) is 0 Å². The van der Waals surface area contributed by atoms with Crippen molar-refractivity contribution in [3.63, 3.8) is 0 Å². The number of halogens is 1. The first kappa shape index (κ1) is 15.5. The number of pyridine rings is 1. The molecule has 2 heterocycles. The number of hydrogen-bond acceptors (Lipinski definition) is 4. The van der Waals surface area contributed by atoms with Crippen molar-refractivity contribution in [3.05, 3.63) is 24.3 Å². The molecule has 0 radical (unpaired) electrons. The number of nitrogens with one attached hydrogen (secondary N) is 1. The highest BCUT2D eigenvalue weighted by Gasteiger charge is 2.27. The summed E-state index contributed by atoms with van der Waals surface area (Å²) in [6, 6.07) is 3.09. The van der Waals surface area contributed by atoms with Gasteiger partial charge in [0, 0.05) is 19.1 Å². The average Bonchev–Trinajstić information content (AvgIpc) is 2.40. The second kappa shape index (κ2) is 6.28. The summed E-state index contributed by atoms with van der Waals surface area (Å²) in [6.07, 6.45) is 3.04. The van der Waals surface area contributed by atoms with Crippen LogP contribution in [0.3, 0.4) is 0 Å². The predicted molar refractivity (Wildman–Crippen MR) is 78.6 cm³/mol. The largest absolute Gasteiger partial charge is 0.444 e. The molecule has 1 unspecified atom stereocenters. The van der Waals surface area contributed by atoms with Gasteiger partial charge in [-0.05, 0) is 45.7 Å². The summed E-state index contributed by atoms with van der Waals surface area (Å²) in [5.74, 6) is -0.500. The van der Waals surface area contributed by atoms with Crippen molar-refractivity contribution >= 4 is 11.8 Å². The Morgan fingerprint density at radius 2 is 2.24 bits per heavy atom. The molecule has 1 aliphatic heterocycles. The van der Waals surface area contributed by atoms with Gasteiger partial charge >= 0.3 is 6.09 Å². The van der Waals surface area contributed by atoms with Crippen LogP contribution in [0.5, 0.6) is 0 Å². The van der Waals surface area contributed by atoms with Gasteiger partial charge in [0.2, 0.25) is 5.95 Å². The van der Waals surface area contributed by atoms with Gasteiger partial charge in [0.05, 0.1) is 11.9 Å². The maximum Gasteiger partial charge on any atom is 0.410 e. The number of piperidine rings is 1. The first-order valence-electron chi connectivity index (χ1n) is 7.19. The van der Waals surface area contributed by atoms with Crippen molar-refractivity contribution in [1.29, 1.82) is 0 Å². The van der Waals surface area contributed by atoms with Crippen LogP contribution in [0.2, 0.25) is 0 Å². The molecule has 0 saturated carbocycles. The number of nitrogens with zero attached hydrogens (tertiary/aromatic N) is 2. The van der Waals surface area contributed by atoms with Gasteiger partial charge in [-0.25, -0.2) is 9.78 Å². The lowest BCUT2D eigenvalue weighted by atomic mass is 10.1. The normalized spacial score (nSPS) is 19.2. The molecule has 1 fully saturated rings. The number of rotatable bonds is 2. The molecule has 5 nitrogen and oxygen atoms in total. The standard InChI is InChI=1S/C15H22FN3O2/c1-15(2,3)21-14(20)19-8-4-5-12(10-19)18-11-6-7-13(16)17-9-11/h6-7,9,12,18H,4-5,8,10H2,1-3H3. The predicted octanol–water partition coefficient (Wildman–Crippen LogP) is 3.03. The highest BCUT2D eigenvalue weighted by Crippen LogP contribution is 2.18. The van der Waals surface area contributed by atoms with Crippen LogP contribution in [0.15, 0.2) is 18.3 Å². The third kappa shape index (κ3) is 4.88. The maximum atomic E-state index is 12.8. The number of aromatic nitrogens is 1. The Morgan fingerprint density at radius 3 is 2.86 bits per heavy atom. The van der Waals surface area contributed by atoms with Gasteiger partial charge in [0.1, 0.15) is 5.60 Å². The van der Waals surface area contributed by atoms with Crippen LogP contribution >= 0.6 is 0 Å². The summed E-state index contributed by atoms with van der Waals surface area (Å²) in [5.41, 5.74) is 0.269. The van der Waals surface area contributed by atoms with Crippen LogP contribution in [0, 0.1) is 5.95 Å². The van der Waals surface area contributed by atoms with Gasteiger partial charge in [0.25, 0.3) is 0 Å². The summed E-state index contributed by atoms with van der Waals surface area (Å²) in [6.45, 7) is 6.85. The summed E-state index contributed by atoms with van der Waals surface area (Å²) < 4.78 is 18.2. The lowest BCUT2D eigenvalue weighted by Crippen LogP contribution is -2.46. The average molecular weight is 295 g/mol. The van der Waals surface area contributed by atoms with Crippen LogP contribution in [-0.2, 0) is 4.74 Å². The van der Waals surface area contributed by atoms with Crippen molar-refractivity contribution in [3.8, 4) is 0 Å². The fourth-order valence-electron chi connectivity index (χ4n) is 2.28.